The molecule has 0 spiro atoms. The molecular formula is C22H24ClN3O4S2. The third-order valence-electron chi connectivity index (χ3n) is 5.28. The fraction of sp³-hybridized carbons (Fsp3) is 0.318. The molecule has 1 aromatic heterocycles. The van der Waals surface area contributed by atoms with Crippen LogP contribution in [-0.2, 0) is 16.4 Å². The Bertz CT molecular complexity index is 1170. The third kappa shape index (κ3) is 5.01. The summed E-state index contributed by atoms with van der Waals surface area (Å²) in [7, 11) is -0.296. The lowest BCUT2D eigenvalue weighted by Crippen LogP contribution is -2.48. The second-order valence-electron chi connectivity index (χ2n) is 7.37. The molecule has 2 heterocycles. The van der Waals surface area contributed by atoms with Crippen LogP contribution < -0.4 is 14.4 Å². The van der Waals surface area contributed by atoms with Crippen LogP contribution in [0, 0.1) is 0 Å². The predicted molar refractivity (Wildman–Crippen MR) is 127 cm³/mol. The molecule has 0 bridgehead atoms. The maximum atomic E-state index is 12.9. The SMILES string of the molecule is COc1cc(Cc2csc(N3CCN(S(=O)(=O)c4cccc(Cl)c4)CC3)n2)cc(OC)c1. The summed E-state index contributed by atoms with van der Waals surface area (Å²) in [6.45, 7) is 1.97. The topological polar surface area (TPSA) is 72.0 Å². The van der Waals surface area contributed by atoms with Crippen LogP contribution in [0.5, 0.6) is 11.5 Å². The quantitative estimate of drug-likeness (QED) is 0.497. The number of thiazole rings is 1. The lowest BCUT2D eigenvalue weighted by atomic mass is 10.1. The van der Waals surface area contributed by atoms with Crippen molar-refractivity contribution in [3.63, 3.8) is 0 Å². The van der Waals surface area contributed by atoms with Crippen molar-refractivity contribution in [3.05, 3.63) is 64.1 Å². The Morgan fingerprint density at radius 1 is 1.03 bits per heavy atom. The van der Waals surface area contributed by atoms with Crippen LogP contribution in [0.25, 0.3) is 0 Å². The van der Waals surface area contributed by atoms with Gasteiger partial charge in [0.2, 0.25) is 10.0 Å². The van der Waals surface area contributed by atoms with Crippen molar-refractivity contribution >= 4 is 38.1 Å². The first-order chi connectivity index (χ1) is 15.4. The molecule has 0 saturated carbocycles. The number of nitrogens with zero attached hydrogens (tertiary/aromatic N) is 3. The van der Waals surface area contributed by atoms with Crippen molar-refractivity contribution in [3.8, 4) is 11.5 Å². The molecule has 0 amide bonds. The van der Waals surface area contributed by atoms with E-state index in [2.05, 4.69) is 4.90 Å². The van der Waals surface area contributed by atoms with Crippen molar-refractivity contribution in [2.75, 3.05) is 45.3 Å². The monoisotopic (exact) mass is 493 g/mol. The minimum Gasteiger partial charge on any atom is -0.497 e. The summed E-state index contributed by atoms with van der Waals surface area (Å²) in [5, 5.41) is 3.35. The zero-order valence-corrected chi connectivity index (χ0v) is 20.2. The molecule has 0 unspecified atom stereocenters. The maximum absolute atomic E-state index is 12.9. The minimum atomic E-state index is -3.56. The van der Waals surface area contributed by atoms with E-state index in [0.29, 0.717) is 37.6 Å². The van der Waals surface area contributed by atoms with Gasteiger partial charge in [-0.15, -0.1) is 11.3 Å². The number of ether oxygens (including phenoxy) is 2. The molecule has 0 atom stereocenters. The van der Waals surface area contributed by atoms with Crippen molar-refractivity contribution in [1.29, 1.82) is 0 Å². The van der Waals surface area contributed by atoms with Gasteiger partial charge in [-0.05, 0) is 35.9 Å². The van der Waals surface area contributed by atoms with Crippen molar-refractivity contribution in [2.45, 2.75) is 11.3 Å². The second kappa shape index (κ2) is 9.66. The van der Waals surface area contributed by atoms with E-state index in [1.807, 2.05) is 23.6 Å². The standard InChI is InChI=1S/C22H24ClN3O4S2/c1-29-19-11-16(12-20(14-19)30-2)10-18-15-31-22(24-18)25-6-8-26(9-7-25)32(27,28)21-5-3-4-17(23)13-21/h3-5,11-15H,6-10H2,1-2H3. The Labute approximate surface area is 197 Å². The van der Waals surface area contributed by atoms with Gasteiger partial charge in [-0.25, -0.2) is 13.4 Å². The number of anilines is 1. The number of hydrogen-bond donors (Lipinski definition) is 0. The summed E-state index contributed by atoms with van der Waals surface area (Å²) in [5.74, 6) is 1.48. The smallest absolute Gasteiger partial charge is 0.243 e. The Morgan fingerprint density at radius 3 is 2.34 bits per heavy atom. The number of benzene rings is 2. The summed E-state index contributed by atoms with van der Waals surface area (Å²) >= 11 is 7.54. The van der Waals surface area contributed by atoms with E-state index in [4.69, 9.17) is 26.1 Å². The molecule has 0 N–H and O–H groups in total. The summed E-state index contributed by atoms with van der Waals surface area (Å²) < 4.78 is 38.0. The van der Waals surface area contributed by atoms with E-state index in [0.717, 1.165) is 27.9 Å². The van der Waals surface area contributed by atoms with Gasteiger partial charge in [0.15, 0.2) is 5.13 Å². The van der Waals surface area contributed by atoms with Gasteiger partial charge in [-0.1, -0.05) is 17.7 Å². The maximum Gasteiger partial charge on any atom is 0.243 e. The van der Waals surface area contributed by atoms with Gasteiger partial charge in [0.05, 0.1) is 24.8 Å². The molecule has 7 nitrogen and oxygen atoms in total. The van der Waals surface area contributed by atoms with E-state index < -0.39 is 10.0 Å². The Hall–Kier alpha value is -2.33. The molecule has 1 saturated heterocycles. The van der Waals surface area contributed by atoms with Crippen molar-refractivity contribution in [2.24, 2.45) is 0 Å². The molecule has 1 aliphatic heterocycles. The summed E-state index contributed by atoms with van der Waals surface area (Å²) in [6, 6.07) is 12.2. The van der Waals surface area contributed by atoms with Crippen molar-refractivity contribution in [1.82, 2.24) is 9.29 Å². The van der Waals surface area contributed by atoms with Gasteiger partial charge >= 0.3 is 0 Å². The number of hydrogen-bond acceptors (Lipinski definition) is 7. The first-order valence-corrected chi connectivity index (χ1v) is 12.8. The number of sulfonamides is 1. The lowest BCUT2D eigenvalue weighted by Gasteiger charge is -2.33. The van der Waals surface area contributed by atoms with E-state index >= 15 is 0 Å². The summed E-state index contributed by atoms with van der Waals surface area (Å²) in [4.78, 5) is 7.13. The highest BCUT2D eigenvalue weighted by molar-refractivity contribution is 7.89. The Morgan fingerprint density at radius 2 is 1.72 bits per heavy atom. The average molecular weight is 494 g/mol. The van der Waals surface area contributed by atoms with Gasteiger partial charge in [0.1, 0.15) is 11.5 Å². The van der Waals surface area contributed by atoms with Crippen LogP contribution in [0.3, 0.4) is 0 Å². The minimum absolute atomic E-state index is 0.226. The number of halogens is 1. The molecule has 0 radical (unpaired) electrons. The molecule has 2 aromatic carbocycles. The van der Waals surface area contributed by atoms with Gasteiger partial charge < -0.3 is 14.4 Å². The first kappa shape index (κ1) is 22.8. The Balaban J connectivity index is 1.41. The van der Waals surface area contributed by atoms with E-state index in [9.17, 15) is 8.42 Å². The van der Waals surface area contributed by atoms with Crippen molar-refractivity contribution < 1.29 is 17.9 Å². The van der Waals surface area contributed by atoms with E-state index in [1.54, 1.807) is 43.8 Å². The van der Waals surface area contributed by atoms with E-state index in [1.165, 1.54) is 10.4 Å². The van der Waals surface area contributed by atoms with Crippen LogP contribution in [-0.4, -0.2) is 58.1 Å². The highest BCUT2D eigenvalue weighted by Gasteiger charge is 2.29. The van der Waals surface area contributed by atoms with Crippen LogP contribution in [0.1, 0.15) is 11.3 Å². The molecule has 32 heavy (non-hydrogen) atoms. The van der Waals surface area contributed by atoms with Crippen LogP contribution in [0.4, 0.5) is 5.13 Å². The fourth-order valence-electron chi connectivity index (χ4n) is 3.60. The first-order valence-electron chi connectivity index (χ1n) is 10.1. The zero-order chi connectivity index (χ0) is 22.7. The number of methoxy groups -OCH3 is 2. The average Bonchev–Trinajstić information content (AvgIpc) is 3.27. The molecule has 4 rings (SSSR count). The van der Waals surface area contributed by atoms with Gasteiger partial charge in [-0.2, -0.15) is 4.31 Å². The molecule has 1 fully saturated rings. The normalized spacial score (nSPS) is 15.0. The Kier molecular flexibility index (Phi) is 6.90. The highest BCUT2D eigenvalue weighted by atomic mass is 35.5. The molecule has 3 aromatic rings. The summed E-state index contributed by atoms with van der Waals surface area (Å²) in [5.41, 5.74) is 2.00. The highest BCUT2D eigenvalue weighted by Crippen LogP contribution is 2.28. The van der Waals surface area contributed by atoms with E-state index in [-0.39, 0.29) is 4.90 Å². The second-order valence-corrected chi connectivity index (χ2v) is 10.6. The third-order valence-corrected chi connectivity index (χ3v) is 8.36. The number of rotatable bonds is 7. The van der Waals surface area contributed by atoms with Crippen LogP contribution in [0.15, 0.2) is 52.7 Å². The largest absolute Gasteiger partial charge is 0.497 e. The molecule has 1 aliphatic rings. The molecule has 0 aliphatic carbocycles. The number of aromatic nitrogens is 1. The lowest BCUT2D eigenvalue weighted by molar-refractivity contribution is 0.384. The van der Waals surface area contributed by atoms with Crippen LogP contribution in [0.2, 0.25) is 5.02 Å². The fourth-order valence-corrected chi connectivity index (χ4v) is 6.20. The van der Waals surface area contributed by atoms with Gasteiger partial charge in [-0.3, -0.25) is 0 Å². The van der Waals surface area contributed by atoms with Crippen LogP contribution >= 0.6 is 22.9 Å². The van der Waals surface area contributed by atoms with Gasteiger partial charge in [0, 0.05) is 49.1 Å². The number of piperazine rings is 1. The summed E-state index contributed by atoms with van der Waals surface area (Å²) in [6.07, 6.45) is 0.660. The molecular weight excluding hydrogens is 470 g/mol. The molecule has 10 heteroatoms. The zero-order valence-electron chi connectivity index (χ0n) is 17.8. The molecule has 170 valence electrons. The predicted octanol–water partition coefficient (Wildman–Crippen LogP) is 3.92. The van der Waals surface area contributed by atoms with Gasteiger partial charge in [0.25, 0.3) is 0 Å².